The van der Waals surface area contributed by atoms with Gasteiger partial charge in [0.2, 0.25) is 18.3 Å². The number of rotatable bonds is 9. The number of carbonyl (C=O) groups excluding carboxylic acids is 2. The van der Waals surface area contributed by atoms with Gasteiger partial charge < -0.3 is 33.5 Å². The van der Waals surface area contributed by atoms with Gasteiger partial charge in [-0.2, -0.15) is 5.10 Å². The molecule has 0 fully saturated rings. The summed E-state index contributed by atoms with van der Waals surface area (Å²) < 4.78 is 41.1. The van der Waals surface area contributed by atoms with Crippen LogP contribution >= 0.6 is 0 Å². The number of aromatic nitrogens is 1. The molecule has 1 atom stereocenters. The molecule has 2 aliphatic heterocycles. The quantitative estimate of drug-likeness (QED) is 0.240. The topological polar surface area (TPSA) is 142 Å². The number of nitrogens with zero attached hydrogens (tertiary/aromatic N) is 2. The van der Waals surface area contributed by atoms with E-state index in [4.69, 9.17) is 28.5 Å². The number of ether oxygens (including phenoxy) is 5. The maximum absolute atomic E-state index is 13.5. The summed E-state index contributed by atoms with van der Waals surface area (Å²) in [5, 5.41) is 8.55. The Balaban J connectivity index is 1.43. The Bertz CT molecular complexity index is 1500. The molecule has 0 bridgehead atoms. The number of amides is 1. The largest absolute Gasteiger partial charge is 0.492 e. The number of fused-ring (bicyclic) bond motifs is 2. The molecule has 13 heteroatoms. The molecule has 0 saturated heterocycles. The van der Waals surface area contributed by atoms with Gasteiger partial charge >= 0.3 is 5.97 Å². The van der Waals surface area contributed by atoms with E-state index < -0.39 is 23.8 Å². The van der Waals surface area contributed by atoms with Gasteiger partial charge in [0.1, 0.15) is 17.6 Å². The number of methoxy groups -OCH3 is 2. The van der Waals surface area contributed by atoms with E-state index in [1.807, 2.05) is 0 Å². The van der Waals surface area contributed by atoms with E-state index in [9.17, 15) is 14.0 Å². The maximum atomic E-state index is 13.5. The molecule has 204 valence electrons. The van der Waals surface area contributed by atoms with Crippen molar-refractivity contribution in [3.8, 4) is 23.0 Å². The second kappa shape index (κ2) is 10.9. The van der Waals surface area contributed by atoms with E-state index in [1.165, 1.54) is 38.6 Å². The highest BCUT2D eigenvalue weighted by Crippen LogP contribution is 2.52. The van der Waals surface area contributed by atoms with E-state index in [0.29, 0.717) is 45.0 Å². The highest BCUT2D eigenvalue weighted by molar-refractivity contribution is 6.36. The van der Waals surface area contributed by atoms with Crippen LogP contribution in [0.4, 0.5) is 4.39 Å². The number of H-pyrrole nitrogens is 1. The third kappa shape index (κ3) is 5.02. The van der Waals surface area contributed by atoms with Crippen molar-refractivity contribution < 1.29 is 42.5 Å². The average Bonchev–Trinajstić information content (AvgIpc) is 3.68. The van der Waals surface area contributed by atoms with Crippen LogP contribution in [0.5, 0.6) is 23.0 Å². The van der Waals surface area contributed by atoms with E-state index in [0.717, 1.165) is 0 Å². The molecule has 39 heavy (non-hydrogen) atoms. The molecule has 1 amide bonds. The van der Waals surface area contributed by atoms with Crippen LogP contribution in [-0.4, -0.2) is 62.5 Å². The van der Waals surface area contributed by atoms with Crippen molar-refractivity contribution in [2.24, 2.45) is 10.3 Å². The Kier molecular flexibility index (Phi) is 7.21. The predicted octanol–water partition coefficient (Wildman–Crippen LogP) is 3.07. The molecule has 3 aromatic rings. The summed E-state index contributed by atoms with van der Waals surface area (Å²) in [6.07, 6.45) is 1.32. The van der Waals surface area contributed by atoms with Crippen LogP contribution in [0, 0.1) is 5.82 Å². The molecule has 2 aromatic carbocycles. The van der Waals surface area contributed by atoms with E-state index in [2.05, 4.69) is 20.7 Å². The first-order valence-corrected chi connectivity index (χ1v) is 12.0. The lowest BCUT2D eigenvalue weighted by atomic mass is 9.96. The smallest absolute Gasteiger partial charge is 0.356 e. The summed E-state index contributed by atoms with van der Waals surface area (Å²) in [7, 11) is 2.94. The van der Waals surface area contributed by atoms with E-state index in [1.54, 1.807) is 13.0 Å². The summed E-state index contributed by atoms with van der Waals surface area (Å²) in [4.78, 5) is 33.3. The van der Waals surface area contributed by atoms with Gasteiger partial charge in [0, 0.05) is 34.9 Å². The fraction of sp³-hybridized carbons (Fsp3) is 0.308. The van der Waals surface area contributed by atoms with Gasteiger partial charge in [0.15, 0.2) is 17.2 Å². The molecule has 2 aliphatic rings. The van der Waals surface area contributed by atoms with Crippen molar-refractivity contribution >= 4 is 34.7 Å². The molecular weight excluding hydrogens is 515 g/mol. The van der Waals surface area contributed by atoms with E-state index >= 15 is 0 Å². The minimum Gasteiger partial charge on any atom is -0.492 e. The van der Waals surface area contributed by atoms with E-state index in [-0.39, 0.29) is 37.6 Å². The van der Waals surface area contributed by atoms with Gasteiger partial charge in [0.25, 0.3) is 5.91 Å². The molecule has 0 aliphatic carbocycles. The molecule has 0 radical (unpaired) electrons. The number of hydrogen-bond acceptors (Lipinski definition) is 10. The van der Waals surface area contributed by atoms with Crippen molar-refractivity contribution in [2.75, 3.05) is 27.6 Å². The van der Waals surface area contributed by atoms with Crippen LogP contribution in [0.25, 0.3) is 10.9 Å². The molecule has 12 nitrogen and oxygen atoms in total. The molecule has 5 rings (SSSR count). The average molecular weight is 541 g/mol. The van der Waals surface area contributed by atoms with Crippen molar-refractivity contribution in [3.05, 3.63) is 46.9 Å². The fourth-order valence-corrected chi connectivity index (χ4v) is 4.43. The zero-order valence-electron chi connectivity index (χ0n) is 21.3. The number of aromatic amines is 1. The van der Waals surface area contributed by atoms with Gasteiger partial charge in [-0.3, -0.25) is 4.79 Å². The SMILES string of the molecule is CCOC(=O)C1=NO[C@@H](Cc2c(/C=N/NC(=O)c3cc4cc(F)ccc4[nH]3)c(OC)c3c(c2OC)OCO3)C1. The van der Waals surface area contributed by atoms with Gasteiger partial charge in [-0.25, -0.2) is 14.6 Å². The van der Waals surface area contributed by atoms with Gasteiger partial charge in [-0.05, 0) is 31.2 Å². The standard InChI is InChI=1S/C26H25FN4O8/c1-4-36-26(33)20-10-15(39-31-20)9-16-17(22(35-3)24-23(21(16)34-2)37-12-38-24)11-28-30-25(32)19-8-13-7-14(27)5-6-18(13)29-19/h5-8,11,15,29H,4,9-10,12H2,1-3H3,(H,30,32)/b28-11+/t15-/m0/s1. The highest BCUT2D eigenvalue weighted by Gasteiger charge is 2.34. The zero-order chi connectivity index (χ0) is 27.5. The Morgan fingerprint density at radius 3 is 2.72 bits per heavy atom. The summed E-state index contributed by atoms with van der Waals surface area (Å²) in [5.74, 6) is -0.153. The molecule has 3 heterocycles. The number of benzene rings is 2. The van der Waals surface area contributed by atoms with Crippen LogP contribution in [0.1, 0.15) is 35.0 Å². The molecular formula is C26H25FN4O8. The third-order valence-corrected chi connectivity index (χ3v) is 6.14. The van der Waals surface area contributed by atoms with Crippen LogP contribution in [0.15, 0.2) is 34.5 Å². The van der Waals surface area contributed by atoms with Crippen LogP contribution in [0.2, 0.25) is 0 Å². The summed E-state index contributed by atoms with van der Waals surface area (Å²) in [6, 6.07) is 5.69. The van der Waals surface area contributed by atoms with Crippen LogP contribution in [-0.2, 0) is 20.8 Å². The van der Waals surface area contributed by atoms with Crippen molar-refractivity contribution in [1.29, 1.82) is 0 Å². The highest BCUT2D eigenvalue weighted by atomic mass is 19.1. The number of carbonyl (C=O) groups is 2. The molecule has 2 N–H and O–H groups in total. The first-order valence-electron chi connectivity index (χ1n) is 12.0. The Labute approximate surface area is 221 Å². The second-order valence-corrected chi connectivity index (χ2v) is 8.53. The monoisotopic (exact) mass is 540 g/mol. The number of hydrazone groups is 1. The molecule has 0 spiro atoms. The minimum absolute atomic E-state index is 0.0458. The van der Waals surface area contributed by atoms with Crippen molar-refractivity contribution in [2.45, 2.75) is 25.9 Å². The van der Waals surface area contributed by atoms with Gasteiger partial charge in [0.05, 0.1) is 27.0 Å². The number of hydrogen-bond donors (Lipinski definition) is 2. The predicted molar refractivity (Wildman–Crippen MR) is 136 cm³/mol. The third-order valence-electron chi connectivity index (χ3n) is 6.14. The molecule has 0 unspecified atom stereocenters. The molecule has 1 aromatic heterocycles. The van der Waals surface area contributed by atoms with Gasteiger partial charge in [-0.1, -0.05) is 5.16 Å². The van der Waals surface area contributed by atoms with Crippen LogP contribution < -0.4 is 24.4 Å². The number of oxime groups is 1. The number of nitrogens with one attached hydrogen (secondary N) is 2. The Morgan fingerprint density at radius 2 is 1.97 bits per heavy atom. The summed E-state index contributed by atoms with van der Waals surface area (Å²) in [6.45, 7) is 1.88. The fourth-order valence-electron chi connectivity index (χ4n) is 4.43. The lowest BCUT2D eigenvalue weighted by Crippen LogP contribution is -2.20. The lowest BCUT2D eigenvalue weighted by molar-refractivity contribution is -0.135. The summed E-state index contributed by atoms with van der Waals surface area (Å²) in [5.41, 5.74) is 4.45. The Morgan fingerprint density at radius 1 is 1.21 bits per heavy atom. The second-order valence-electron chi connectivity index (χ2n) is 8.53. The number of esters is 1. The van der Waals surface area contributed by atoms with Crippen molar-refractivity contribution in [1.82, 2.24) is 10.4 Å². The minimum atomic E-state index is -0.542. The van der Waals surface area contributed by atoms with Crippen molar-refractivity contribution in [3.63, 3.8) is 0 Å². The molecule has 0 saturated carbocycles. The van der Waals surface area contributed by atoms with Gasteiger partial charge in [-0.15, -0.1) is 0 Å². The maximum Gasteiger partial charge on any atom is 0.356 e. The Hall–Kier alpha value is -4.81. The normalized spacial score (nSPS) is 15.8. The lowest BCUT2D eigenvalue weighted by Gasteiger charge is -2.19. The zero-order valence-corrected chi connectivity index (χ0v) is 21.3. The number of halogens is 1. The first-order chi connectivity index (χ1) is 18.9. The summed E-state index contributed by atoms with van der Waals surface area (Å²) >= 11 is 0. The first kappa shape index (κ1) is 25.8. The van der Waals surface area contributed by atoms with Crippen LogP contribution in [0.3, 0.4) is 0 Å².